The molecular formula is C25H18Cl2N2O6. The molecule has 1 N–H and O–H groups in total. The minimum absolute atomic E-state index is 0.106. The van der Waals surface area contributed by atoms with Gasteiger partial charge in [0.15, 0.2) is 0 Å². The number of benzene rings is 3. The molecule has 0 bridgehead atoms. The van der Waals surface area contributed by atoms with Crippen molar-refractivity contribution in [2.45, 2.75) is 0 Å². The molecule has 8 nitrogen and oxygen atoms in total. The Hall–Kier alpha value is -4.01. The van der Waals surface area contributed by atoms with E-state index in [4.69, 9.17) is 37.4 Å². The van der Waals surface area contributed by atoms with Crippen molar-refractivity contribution in [1.82, 2.24) is 0 Å². The summed E-state index contributed by atoms with van der Waals surface area (Å²) in [7, 11) is 2.90. The van der Waals surface area contributed by atoms with Crippen molar-refractivity contribution in [3.05, 3.63) is 88.0 Å². The van der Waals surface area contributed by atoms with Crippen molar-refractivity contribution in [2.75, 3.05) is 24.4 Å². The third-order valence-corrected chi connectivity index (χ3v) is 5.67. The van der Waals surface area contributed by atoms with Crippen LogP contribution in [0.4, 0.5) is 11.4 Å². The molecule has 4 rings (SSSR count). The van der Waals surface area contributed by atoms with E-state index in [-0.39, 0.29) is 27.7 Å². The van der Waals surface area contributed by atoms with Crippen molar-refractivity contribution in [1.29, 1.82) is 0 Å². The normalized spacial score (nSPS) is 13.2. The zero-order chi connectivity index (χ0) is 25.1. The summed E-state index contributed by atoms with van der Waals surface area (Å²) in [5.74, 6) is -0.818. The average Bonchev–Trinajstić information content (AvgIpc) is 3.08. The lowest BCUT2D eigenvalue weighted by Gasteiger charge is -2.18. The number of carbonyl (C=O) groups excluding carboxylic acids is 3. The van der Waals surface area contributed by atoms with Crippen molar-refractivity contribution in [3.8, 4) is 17.2 Å². The lowest BCUT2D eigenvalue weighted by atomic mass is 10.2. The van der Waals surface area contributed by atoms with Gasteiger partial charge in [0.05, 0.1) is 25.5 Å². The van der Waals surface area contributed by atoms with Gasteiger partial charge in [0.1, 0.15) is 28.0 Å². The number of methoxy groups -OCH3 is 2. The molecule has 3 aromatic rings. The number of ether oxygens (including phenoxy) is 3. The molecule has 0 aromatic heterocycles. The fourth-order valence-corrected chi connectivity index (χ4v) is 3.64. The Bertz CT molecular complexity index is 1340. The van der Waals surface area contributed by atoms with Gasteiger partial charge in [-0.15, -0.1) is 0 Å². The summed E-state index contributed by atoms with van der Waals surface area (Å²) in [4.78, 5) is 39.2. The van der Waals surface area contributed by atoms with Crippen LogP contribution in [0.5, 0.6) is 17.2 Å². The van der Waals surface area contributed by atoms with Crippen molar-refractivity contribution < 1.29 is 28.6 Å². The maximum Gasteiger partial charge on any atom is 0.343 e. The molecule has 0 radical (unpaired) electrons. The van der Waals surface area contributed by atoms with Gasteiger partial charge in [-0.3, -0.25) is 9.59 Å². The molecule has 0 atom stereocenters. The zero-order valence-electron chi connectivity index (χ0n) is 18.5. The molecule has 1 aliphatic rings. The summed E-state index contributed by atoms with van der Waals surface area (Å²) in [6.07, 6.45) is 0. The Morgan fingerprint density at radius 1 is 0.829 bits per heavy atom. The van der Waals surface area contributed by atoms with E-state index in [2.05, 4.69) is 5.32 Å². The van der Waals surface area contributed by atoms with Crippen molar-refractivity contribution in [2.24, 2.45) is 0 Å². The summed E-state index contributed by atoms with van der Waals surface area (Å²) in [6.45, 7) is 0. The average molecular weight is 513 g/mol. The van der Waals surface area contributed by atoms with E-state index in [9.17, 15) is 14.4 Å². The molecule has 0 saturated carbocycles. The number of hydrogen-bond acceptors (Lipinski definition) is 7. The third-order valence-electron chi connectivity index (χ3n) is 5.07. The Morgan fingerprint density at radius 3 is 2.11 bits per heavy atom. The number of carbonyl (C=O) groups is 3. The fraction of sp³-hybridized carbons (Fsp3) is 0.0800. The molecule has 0 aliphatic carbocycles. The van der Waals surface area contributed by atoms with E-state index >= 15 is 0 Å². The number of anilines is 2. The summed E-state index contributed by atoms with van der Waals surface area (Å²) >= 11 is 12.0. The zero-order valence-corrected chi connectivity index (χ0v) is 20.0. The van der Waals surface area contributed by atoms with E-state index in [0.717, 1.165) is 4.90 Å². The largest absolute Gasteiger partial charge is 0.497 e. The standard InChI is InChI=1S/C25H18Cl2N2O6/c1-33-18-11-12-19(20(13-18)34-2)29-23(30)21(27)22(24(29)31)28-16-7-3-14(4-8-16)25(32)35-17-9-5-15(26)6-10-17/h3-13,28H,1-2H3. The molecule has 0 spiro atoms. The van der Waals surface area contributed by atoms with Crippen LogP contribution in [-0.4, -0.2) is 32.0 Å². The second-order valence-electron chi connectivity index (χ2n) is 7.22. The predicted molar refractivity (Wildman–Crippen MR) is 131 cm³/mol. The molecule has 10 heteroatoms. The molecule has 0 unspecified atom stereocenters. The highest BCUT2D eigenvalue weighted by Gasteiger charge is 2.40. The van der Waals surface area contributed by atoms with Gasteiger partial charge >= 0.3 is 5.97 Å². The molecule has 3 aromatic carbocycles. The van der Waals surface area contributed by atoms with Gasteiger partial charge in [0, 0.05) is 16.8 Å². The Kier molecular flexibility index (Phi) is 6.95. The number of halogens is 2. The maximum atomic E-state index is 13.1. The van der Waals surface area contributed by atoms with Crippen LogP contribution >= 0.6 is 23.2 Å². The first-order chi connectivity index (χ1) is 16.8. The number of nitrogens with zero attached hydrogens (tertiary/aromatic N) is 1. The summed E-state index contributed by atoms with van der Waals surface area (Å²) < 4.78 is 15.8. The van der Waals surface area contributed by atoms with Crippen LogP contribution in [-0.2, 0) is 9.59 Å². The third kappa shape index (κ3) is 4.94. The quantitative estimate of drug-likeness (QED) is 0.270. The smallest absolute Gasteiger partial charge is 0.343 e. The molecule has 2 amide bonds. The number of hydrogen-bond donors (Lipinski definition) is 1. The SMILES string of the molecule is COc1ccc(N2C(=O)C(Cl)=C(Nc3ccc(C(=O)Oc4ccc(Cl)cc4)cc3)C2=O)c(OC)c1. The lowest BCUT2D eigenvalue weighted by molar-refractivity contribution is -0.120. The van der Waals surface area contributed by atoms with E-state index in [1.54, 1.807) is 48.5 Å². The van der Waals surface area contributed by atoms with Crippen LogP contribution in [0.2, 0.25) is 5.02 Å². The van der Waals surface area contributed by atoms with Gasteiger partial charge in [0.25, 0.3) is 11.8 Å². The Balaban J connectivity index is 1.50. The highest BCUT2D eigenvalue weighted by atomic mass is 35.5. The van der Waals surface area contributed by atoms with Crippen LogP contribution in [0, 0.1) is 0 Å². The number of nitrogens with one attached hydrogen (secondary N) is 1. The van der Waals surface area contributed by atoms with Crippen LogP contribution in [0.15, 0.2) is 77.5 Å². The first kappa shape index (κ1) is 24.1. The molecule has 0 fully saturated rings. The molecule has 35 heavy (non-hydrogen) atoms. The van der Waals surface area contributed by atoms with Crippen LogP contribution in [0.3, 0.4) is 0 Å². The Morgan fingerprint density at radius 2 is 1.49 bits per heavy atom. The monoisotopic (exact) mass is 512 g/mol. The number of imide groups is 1. The second kappa shape index (κ2) is 10.1. The molecular weight excluding hydrogens is 495 g/mol. The van der Waals surface area contributed by atoms with Crippen LogP contribution < -0.4 is 24.4 Å². The molecule has 178 valence electrons. The maximum absolute atomic E-state index is 13.1. The van der Waals surface area contributed by atoms with Crippen LogP contribution in [0.25, 0.3) is 0 Å². The molecule has 1 aliphatic heterocycles. The highest BCUT2D eigenvalue weighted by molar-refractivity contribution is 6.53. The predicted octanol–water partition coefficient (Wildman–Crippen LogP) is 5.01. The summed E-state index contributed by atoms with van der Waals surface area (Å²) in [5, 5.41) is 3.10. The molecule has 1 heterocycles. The van der Waals surface area contributed by atoms with Gasteiger partial charge in [-0.25, -0.2) is 9.69 Å². The van der Waals surface area contributed by atoms with Crippen LogP contribution in [0.1, 0.15) is 10.4 Å². The first-order valence-electron chi connectivity index (χ1n) is 10.2. The van der Waals surface area contributed by atoms with Gasteiger partial charge in [-0.05, 0) is 60.7 Å². The summed E-state index contributed by atoms with van der Waals surface area (Å²) in [6, 6.07) is 17.2. The van der Waals surface area contributed by atoms with Crippen molar-refractivity contribution in [3.63, 3.8) is 0 Å². The molecule has 0 saturated heterocycles. The Labute approximate surface area is 210 Å². The van der Waals surface area contributed by atoms with E-state index < -0.39 is 17.8 Å². The number of amides is 2. The minimum Gasteiger partial charge on any atom is -0.497 e. The van der Waals surface area contributed by atoms with Gasteiger partial charge in [0.2, 0.25) is 0 Å². The van der Waals surface area contributed by atoms with Crippen molar-refractivity contribution >= 4 is 52.4 Å². The number of esters is 1. The number of rotatable bonds is 7. The fourth-order valence-electron chi connectivity index (χ4n) is 3.30. The second-order valence-corrected chi connectivity index (χ2v) is 8.03. The minimum atomic E-state index is -0.703. The van der Waals surface area contributed by atoms with Gasteiger partial charge in [-0.2, -0.15) is 0 Å². The van der Waals surface area contributed by atoms with E-state index in [0.29, 0.717) is 22.2 Å². The van der Waals surface area contributed by atoms with Gasteiger partial charge < -0.3 is 19.5 Å². The van der Waals surface area contributed by atoms with E-state index in [1.807, 2.05) is 0 Å². The first-order valence-corrected chi connectivity index (χ1v) is 10.9. The van der Waals surface area contributed by atoms with E-state index in [1.165, 1.54) is 32.4 Å². The highest BCUT2D eigenvalue weighted by Crippen LogP contribution is 2.37. The summed E-state index contributed by atoms with van der Waals surface area (Å²) in [5.41, 5.74) is 0.833. The lowest BCUT2D eigenvalue weighted by Crippen LogP contribution is -2.32. The topological polar surface area (TPSA) is 94.2 Å². The van der Waals surface area contributed by atoms with Gasteiger partial charge in [-0.1, -0.05) is 23.2 Å².